The van der Waals surface area contributed by atoms with Crippen molar-refractivity contribution in [3.63, 3.8) is 0 Å². The zero-order valence-corrected chi connectivity index (χ0v) is 15.4. The molecule has 2 aromatic heterocycles. The van der Waals surface area contributed by atoms with Crippen LogP contribution in [0.5, 0.6) is 11.5 Å². The summed E-state index contributed by atoms with van der Waals surface area (Å²) in [7, 11) is 0. The molecule has 0 aliphatic heterocycles. The summed E-state index contributed by atoms with van der Waals surface area (Å²) in [6, 6.07) is 17.6. The number of rotatable bonds is 4. The third kappa shape index (κ3) is 3.07. The number of hydrogen-bond acceptors (Lipinski definition) is 5. The number of para-hydroxylation sites is 1. The van der Waals surface area contributed by atoms with Gasteiger partial charge in [0.25, 0.3) is 0 Å². The number of nitrogens with zero attached hydrogens (tertiary/aromatic N) is 3. The van der Waals surface area contributed by atoms with Crippen LogP contribution in [-0.4, -0.2) is 20.2 Å². The van der Waals surface area contributed by atoms with Gasteiger partial charge in [0.15, 0.2) is 11.6 Å². The van der Waals surface area contributed by atoms with Gasteiger partial charge >= 0.3 is 0 Å². The first-order chi connectivity index (χ1) is 13.8. The molecule has 1 saturated carbocycles. The van der Waals surface area contributed by atoms with Crippen molar-refractivity contribution in [2.24, 2.45) is 0 Å². The van der Waals surface area contributed by atoms with Crippen molar-refractivity contribution in [1.29, 1.82) is 0 Å². The second-order valence-corrected chi connectivity index (χ2v) is 7.19. The lowest BCUT2D eigenvalue weighted by Gasteiger charge is -2.12. The van der Waals surface area contributed by atoms with E-state index in [2.05, 4.69) is 15.2 Å². The number of hydrogen-bond donors (Lipinski definition) is 2. The lowest BCUT2D eigenvalue weighted by atomic mass is 10.0. The number of nitrogens with two attached hydrogens (primary N) is 1. The number of benzene rings is 2. The van der Waals surface area contributed by atoms with Crippen LogP contribution in [0.4, 0.5) is 5.82 Å². The van der Waals surface area contributed by atoms with Crippen LogP contribution in [0.25, 0.3) is 22.4 Å². The molecule has 2 aromatic carbocycles. The molecule has 4 aromatic rings. The summed E-state index contributed by atoms with van der Waals surface area (Å²) < 4.78 is 5.88. The average molecular weight is 371 g/mol. The lowest BCUT2D eigenvalue weighted by molar-refractivity contribution is 0.483. The predicted octanol–water partition coefficient (Wildman–Crippen LogP) is 5.05. The van der Waals surface area contributed by atoms with E-state index in [0.29, 0.717) is 23.1 Å². The largest absolute Gasteiger partial charge is 0.457 e. The molecule has 6 nitrogen and oxygen atoms in total. The summed E-state index contributed by atoms with van der Waals surface area (Å²) in [4.78, 5) is 9.58. The van der Waals surface area contributed by atoms with Gasteiger partial charge in [-0.25, -0.2) is 9.97 Å². The minimum atomic E-state index is 0.418. The number of fused-ring (bicyclic) bond motifs is 1. The first-order valence-corrected chi connectivity index (χ1v) is 9.63. The van der Waals surface area contributed by atoms with Gasteiger partial charge in [-0.15, -0.1) is 0 Å². The highest BCUT2D eigenvalue weighted by Gasteiger charge is 2.24. The van der Waals surface area contributed by atoms with E-state index in [1.54, 1.807) is 0 Å². The molecule has 0 unspecified atom stereocenters. The smallest absolute Gasteiger partial charge is 0.172 e. The van der Waals surface area contributed by atoms with Crippen LogP contribution in [0.2, 0.25) is 0 Å². The van der Waals surface area contributed by atoms with Crippen molar-refractivity contribution >= 4 is 16.9 Å². The van der Waals surface area contributed by atoms with Gasteiger partial charge in [0, 0.05) is 11.5 Å². The molecule has 0 saturated heterocycles. The molecule has 1 aliphatic carbocycles. The van der Waals surface area contributed by atoms with Crippen LogP contribution in [0.1, 0.15) is 37.3 Å². The topological polar surface area (TPSA) is 89.7 Å². The zero-order chi connectivity index (χ0) is 18.9. The van der Waals surface area contributed by atoms with Crippen molar-refractivity contribution in [3.8, 4) is 22.9 Å². The Bertz CT molecular complexity index is 1100. The third-order valence-corrected chi connectivity index (χ3v) is 5.30. The number of nitrogen functional groups attached to an aromatic ring is 1. The number of H-pyrrole nitrogens is 1. The Morgan fingerprint density at radius 1 is 0.893 bits per heavy atom. The molecule has 2 heterocycles. The fourth-order valence-electron chi connectivity index (χ4n) is 3.86. The number of ether oxygens (including phenoxy) is 1. The van der Waals surface area contributed by atoms with Crippen LogP contribution in [0.3, 0.4) is 0 Å². The van der Waals surface area contributed by atoms with Gasteiger partial charge < -0.3 is 10.5 Å². The quantitative estimate of drug-likeness (QED) is 0.524. The summed E-state index contributed by atoms with van der Waals surface area (Å²) in [6.07, 6.45) is 4.77. The Morgan fingerprint density at radius 2 is 1.61 bits per heavy atom. The molecular formula is C22H21N5O. The van der Waals surface area contributed by atoms with Gasteiger partial charge in [-0.3, -0.25) is 5.10 Å². The molecule has 1 aliphatic rings. The van der Waals surface area contributed by atoms with E-state index in [-0.39, 0.29) is 0 Å². The van der Waals surface area contributed by atoms with Crippen LogP contribution >= 0.6 is 0 Å². The van der Waals surface area contributed by atoms with Crippen molar-refractivity contribution in [2.75, 3.05) is 5.73 Å². The molecule has 28 heavy (non-hydrogen) atoms. The summed E-state index contributed by atoms with van der Waals surface area (Å²) in [5.74, 6) is 3.11. The van der Waals surface area contributed by atoms with Crippen molar-refractivity contribution in [3.05, 3.63) is 60.3 Å². The predicted molar refractivity (Wildman–Crippen MR) is 109 cm³/mol. The van der Waals surface area contributed by atoms with E-state index in [1.807, 2.05) is 54.6 Å². The fraction of sp³-hybridized carbons (Fsp3) is 0.227. The van der Waals surface area contributed by atoms with E-state index in [4.69, 9.17) is 15.5 Å². The molecule has 6 heteroatoms. The van der Waals surface area contributed by atoms with Gasteiger partial charge in [0.2, 0.25) is 0 Å². The minimum absolute atomic E-state index is 0.418. The second-order valence-electron chi connectivity index (χ2n) is 7.19. The van der Waals surface area contributed by atoms with Crippen LogP contribution in [-0.2, 0) is 0 Å². The molecule has 0 atom stereocenters. The molecule has 140 valence electrons. The molecule has 1 fully saturated rings. The first kappa shape index (κ1) is 16.7. The van der Waals surface area contributed by atoms with Crippen LogP contribution < -0.4 is 10.5 Å². The fourth-order valence-corrected chi connectivity index (χ4v) is 3.86. The van der Waals surface area contributed by atoms with Crippen molar-refractivity contribution < 1.29 is 4.74 Å². The first-order valence-electron chi connectivity index (χ1n) is 9.63. The van der Waals surface area contributed by atoms with Gasteiger partial charge in [-0.1, -0.05) is 31.0 Å². The van der Waals surface area contributed by atoms with Gasteiger partial charge in [-0.05, 0) is 49.2 Å². The SMILES string of the molecule is Nc1n[nH]c2c(C3CCCC3)nc(-c3ccc(Oc4ccccc4)cc3)nc12. The second kappa shape index (κ2) is 6.96. The molecule has 0 amide bonds. The Balaban J connectivity index is 1.51. The van der Waals surface area contributed by atoms with Crippen molar-refractivity contribution in [2.45, 2.75) is 31.6 Å². The summed E-state index contributed by atoms with van der Waals surface area (Å²) >= 11 is 0. The van der Waals surface area contributed by atoms with Crippen LogP contribution in [0.15, 0.2) is 54.6 Å². The van der Waals surface area contributed by atoms with Crippen LogP contribution in [0, 0.1) is 0 Å². The highest BCUT2D eigenvalue weighted by molar-refractivity contribution is 5.88. The highest BCUT2D eigenvalue weighted by atomic mass is 16.5. The maximum Gasteiger partial charge on any atom is 0.172 e. The number of aromatic amines is 1. The summed E-state index contributed by atoms with van der Waals surface area (Å²) in [6.45, 7) is 0. The normalized spacial score (nSPS) is 14.6. The van der Waals surface area contributed by atoms with E-state index < -0.39 is 0 Å². The number of aromatic nitrogens is 4. The molecule has 0 spiro atoms. The number of anilines is 1. The zero-order valence-electron chi connectivity index (χ0n) is 15.4. The Kier molecular flexibility index (Phi) is 4.16. The molecule has 5 rings (SSSR count). The molecule has 0 bridgehead atoms. The standard InChI is InChI=1S/C22H21N5O/c23-21-20-19(26-27-21)18(14-6-4-5-7-14)24-22(25-20)15-10-12-17(13-11-15)28-16-8-2-1-3-9-16/h1-3,8-14H,4-7H2,(H3,23,26,27). The van der Waals surface area contributed by atoms with Crippen molar-refractivity contribution in [1.82, 2.24) is 20.2 Å². The highest BCUT2D eigenvalue weighted by Crippen LogP contribution is 2.37. The van der Waals surface area contributed by atoms with Gasteiger partial charge in [0.05, 0.1) is 5.69 Å². The van der Waals surface area contributed by atoms with Gasteiger partial charge in [-0.2, -0.15) is 5.10 Å². The van der Waals surface area contributed by atoms with Gasteiger partial charge in [0.1, 0.15) is 22.5 Å². The van der Waals surface area contributed by atoms with E-state index in [1.165, 1.54) is 12.8 Å². The summed E-state index contributed by atoms with van der Waals surface area (Å²) in [5, 5.41) is 7.18. The van der Waals surface area contributed by atoms with E-state index >= 15 is 0 Å². The maximum absolute atomic E-state index is 6.05. The molecular weight excluding hydrogens is 350 g/mol. The maximum atomic E-state index is 6.05. The Labute approximate surface area is 162 Å². The number of nitrogens with one attached hydrogen (secondary N) is 1. The Hall–Kier alpha value is -3.41. The molecule has 0 radical (unpaired) electrons. The minimum Gasteiger partial charge on any atom is -0.457 e. The lowest BCUT2D eigenvalue weighted by Crippen LogP contribution is -2.02. The van der Waals surface area contributed by atoms with E-state index in [9.17, 15) is 0 Å². The third-order valence-electron chi connectivity index (χ3n) is 5.30. The average Bonchev–Trinajstić information content (AvgIpc) is 3.39. The molecule has 3 N–H and O–H groups in total. The van der Waals surface area contributed by atoms with E-state index in [0.717, 1.165) is 41.1 Å². The monoisotopic (exact) mass is 371 g/mol. The Morgan fingerprint density at radius 3 is 2.36 bits per heavy atom. The summed E-state index contributed by atoms with van der Waals surface area (Å²) in [5.41, 5.74) is 9.59.